The van der Waals surface area contributed by atoms with E-state index >= 15 is 0 Å². The van der Waals surface area contributed by atoms with Crippen molar-refractivity contribution in [3.8, 4) is 0 Å². The maximum atomic E-state index is 11.3. The lowest BCUT2D eigenvalue weighted by molar-refractivity contribution is -0.109. The predicted molar refractivity (Wildman–Crippen MR) is 84.4 cm³/mol. The molecule has 0 radical (unpaired) electrons. The first-order chi connectivity index (χ1) is 10.3. The van der Waals surface area contributed by atoms with Crippen LogP contribution in [0, 0.1) is 5.92 Å². The molecule has 0 fully saturated rings. The molecule has 1 aliphatic rings. The van der Waals surface area contributed by atoms with Gasteiger partial charge in [-0.1, -0.05) is 49.7 Å². The predicted octanol–water partition coefficient (Wildman–Crippen LogP) is 3.93. The van der Waals surface area contributed by atoms with Crippen molar-refractivity contribution in [3.05, 3.63) is 65.0 Å². The van der Waals surface area contributed by atoms with Crippen molar-refractivity contribution in [3.63, 3.8) is 0 Å². The van der Waals surface area contributed by atoms with Crippen molar-refractivity contribution >= 4 is 6.29 Å². The fourth-order valence-corrected chi connectivity index (χ4v) is 3.24. The second-order valence-electron chi connectivity index (χ2n) is 5.96. The molecule has 2 aromatic rings. The number of carbonyl (C=O) groups excluding carboxylic acids is 1. The quantitative estimate of drug-likeness (QED) is 0.794. The maximum absolute atomic E-state index is 11.3. The Bertz CT molecular complexity index is 621. The van der Waals surface area contributed by atoms with E-state index < -0.39 is 0 Å². The summed E-state index contributed by atoms with van der Waals surface area (Å²) in [6, 6.07) is 14.6. The van der Waals surface area contributed by atoms with Crippen molar-refractivity contribution < 1.29 is 4.79 Å². The summed E-state index contributed by atoms with van der Waals surface area (Å²) in [5, 5.41) is 0. The van der Waals surface area contributed by atoms with Crippen LogP contribution >= 0.6 is 0 Å². The molecule has 1 aromatic heterocycles. The number of aromatic nitrogens is 1. The fraction of sp³-hybridized carbons (Fsp3) is 0.368. The number of nitrogens with zero attached hydrogens (tertiary/aromatic N) is 1. The molecule has 1 aromatic carbocycles. The Morgan fingerprint density at radius 2 is 2.00 bits per heavy atom. The van der Waals surface area contributed by atoms with E-state index in [0.717, 1.165) is 48.9 Å². The first kappa shape index (κ1) is 14.0. The van der Waals surface area contributed by atoms with Gasteiger partial charge < -0.3 is 4.79 Å². The van der Waals surface area contributed by atoms with Gasteiger partial charge in [0.1, 0.15) is 6.29 Å². The standard InChI is InChI=1S/C19H21NO/c1-2-14-10-16(13-21)18-9-8-17(20-19(18)12-14)11-15-6-4-3-5-7-15/h3-9,13-14,16H,2,10-12H2,1H3. The lowest BCUT2D eigenvalue weighted by atomic mass is 9.78. The highest BCUT2D eigenvalue weighted by molar-refractivity contribution is 5.63. The summed E-state index contributed by atoms with van der Waals surface area (Å²) in [6.45, 7) is 2.20. The Hall–Kier alpha value is -1.96. The minimum Gasteiger partial charge on any atom is -0.303 e. The molecular formula is C19H21NO. The monoisotopic (exact) mass is 279 g/mol. The largest absolute Gasteiger partial charge is 0.303 e. The van der Waals surface area contributed by atoms with Gasteiger partial charge in [0.15, 0.2) is 0 Å². The molecule has 1 aliphatic carbocycles. The summed E-state index contributed by atoms with van der Waals surface area (Å²) in [7, 11) is 0. The second-order valence-corrected chi connectivity index (χ2v) is 5.96. The average Bonchev–Trinajstić information content (AvgIpc) is 2.54. The van der Waals surface area contributed by atoms with E-state index in [1.54, 1.807) is 0 Å². The van der Waals surface area contributed by atoms with Crippen molar-refractivity contribution in [2.45, 2.75) is 38.5 Å². The number of aldehydes is 1. The summed E-state index contributed by atoms with van der Waals surface area (Å²) in [6.07, 6.45) is 5.07. The smallest absolute Gasteiger partial charge is 0.127 e. The van der Waals surface area contributed by atoms with Gasteiger partial charge in [-0.2, -0.15) is 0 Å². The first-order valence-electron chi connectivity index (χ1n) is 7.78. The second kappa shape index (κ2) is 6.21. The van der Waals surface area contributed by atoms with Crippen LogP contribution in [0.2, 0.25) is 0 Å². The molecule has 0 saturated carbocycles. The number of carbonyl (C=O) groups is 1. The normalized spacial score (nSPS) is 20.8. The van der Waals surface area contributed by atoms with Crippen LogP contribution in [-0.4, -0.2) is 11.3 Å². The molecule has 0 spiro atoms. The molecular weight excluding hydrogens is 258 g/mol. The zero-order chi connectivity index (χ0) is 14.7. The molecule has 108 valence electrons. The topological polar surface area (TPSA) is 30.0 Å². The summed E-state index contributed by atoms with van der Waals surface area (Å²) in [4.78, 5) is 16.2. The molecule has 0 aliphatic heterocycles. The Kier molecular flexibility index (Phi) is 4.14. The summed E-state index contributed by atoms with van der Waals surface area (Å²) in [5.41, 5.74) is 4.66. The molecule has 2 nitrogen and oxygen atoms in total. The molecule has 0 saturated heterocycles. The first-order valence-corrected chi connectivity index (χ1v) is 7.78. The van der Waals surface area contributed by atoms with E-state index in [0.29, 0.717) is 5.92 Å². The lowest BCUT2D eigenvalue weighted by Gasteiger charge is -2.27. The van der Waals surface area contributed by atoms with Gasteiger partial charge in [-0.05, 0) is 36.0 Å². The Balaban J connectivity index is 1.88. The average molecular weight is 279 g/mol. The highest BCUT2D eigenvalue weighted by atomic mass is 16.1. The molecule has 2 unspecified atom stereocenters. The highest BCUT2D eigenvalue weighted by Crippen LogP contribution is 2.34. The Labute approximate surface area is 126 Å². The zero-order valence-corrected chi connectivity index (χ0v) is 12.5. The Morgan fingerprint density at radius 3 is 2.71 bits per heavy atom. The van der Waals surface area contributed by atoms with Crippen LogP contribution in [0.15, 0.2) is 42.5 Å². The molecule has 3 rings (SSSR count). The van der Waals surface area contributed by atoms with Gasteiger partial charge in [-0.3, -0.25) is 4.98 Å². The lowest BCUT2D eigenvalue weighted by Crippen LogP contribution is -2.21. The van der Waals surface area contributed by atoms with E-state index in [-0.39, 0.29) is 5.92 Å². The Morgan fingerprint density at radius 1 is 1.19 bits per heavy atom. The molecule has 2 atom stereocenters. The summed E-state index contributed by atoms with van der Waals surface area (Å²) in [5.74, 6) is 0.629. The van der Waals surface area contributed by atoms with Gasteiger partial charge in [0, 0.05) is 23.7 Å². The molecule has 1 heterocycles. The van der Waals surface area contributed by atoms with Crippen LogP contribution in [0.4, 0.5) is 0 Å². The van der Waals surface area contributed by atoms with Gasteiger partial charge in [0.2, 0.25) is 0 Å². The van der Waals surface area contributed by atoms with Crippen LogP contribution in [0.3, 0.4) is 0 Å². The van der Waals surface area contributed by atoms with Crippen LogP contribution in [0.25, 0.3) is 0 Å². The molecule has 0 amide bonds. The van der Waals surface area contributed by atoms with Crippen molar-refractivity contribution in [1.82, 2.24) is 4.98 Å². The highest BCUT2D eigenvalue weighted by Gasteiger charge is 2.26. The third-order valence-electron chi connectivity index (χ3n) is 4.51. The van der Waals surface area contributed by atoms with Crippen LogP contribution in [-0.2, 0) is 17.6 Å². The van der Waals surface area contributed by atoms with E-state index in [1.807, 2.05) is 6.07 Å². The van der Waals surface area contributed by atoms with Gasteiger partial charge in [0.05, 0.1) is 0 Å². The van der Waals surface area contributed by atoms with E-state index in [9.17, 15) is 4.79 Å². The van der Waals surface area contributed by atoms with Crippen molar-refractivity contribution in [2.24, 2.45) is 5.92 Å². The fourth-order valence-electron chi connectivity index (χ4n) is 3.24. The third-order valence-corrected chi connectivity index (χ3v) is 4.51. The van der Waals surface area contributed by atoms with Crippen LogP contribution in [0.1, 0.15) is 48.2 Å². The van der Waals surface area contributed by atoms with E-state index in [4.69, 9.17) is 4.98 Å². The van der Waals surface area contributed by atoms with Crippen molar-refractivity contribution in [1.29, 1.82) is 0 Å². The molecule has 0 N–H and O–H groups in total. The summed E-state index contributed by atoms with van der Waals surface area (Å²) < 4.78 is 0. The number of rotatable bonds is 4. The van der Waals surface area contributed by atoms with Crippen LogP contribution in [0.5, 0.6) is 0 Å². The SMILES string of the molecule is CCC1Cc2nc(Cc3ccccc3)ccc2C(C=O)C1. The molecule has 0 bridgehead atoms. The van der Waals surface area contributed by atoms with Gasteiger partial charge in [-0.15, -0.1) is 0 Å². The number of hydrogen-bond acceptors (Lipinski definition) is 2. The molecule has 2 heteroatoms. The van der Waals surface area contributed by atoms with Crippen molar-refractivity contribution in [2.75, 3.05) is 0 Å². The van der Waals surface area contributed by atoms with Gasteiger partial charge in [0.25, 0.3) is 0 Å². The minimum atomic E-state index is 0.0389. The molecule has 21 heavy (non-hydrogen) atoms. The minimum absolute atomic E-state index is 0.0389. The van der Waals surface area contributed by atoms with Crippen LogP contribution < -0.4 is 0 Å². The number of benzene rings is 1. The van der Waals surface area contributed by atoms with E-state index in [1.165, 1.54) is 5.56 Å². The maximum Gasteiger partial charge on any atom is 0.127 e. The number of fused-ring (bicyclic) bond motifs is 1. The van der Waals surface area contributed by atoms with Gasteiger partial charge >= 0.3 is 0 Å². The zero-order valence-electron chi connectivity index (χ0n) is 12.5. The number of hydrogen-bond donors (Lipinski definition) is 0. The number of pyridine rings is 1. The van der Waals surface area contributed by atoms with E-state index in [2.05, 4.69) is 43.3 Å². The third kappa shape index (κ3) is 3.05. The van der Waals surface area contributed by atoms with Gasteiger partial charge in [-0.25, -0.2) is 0 Å². The summed E-state index contributed by atoms with van der Waals surface area (Å²) >= 11 is 0.